The number of fused-ring (bicyclic) bond motifs is 1. The van der Waals surface area contributed by atoms with Crippen LogP contribution in [0.1, 0.15) is 0 Å². The Morgan fingerprint density at radius 2 is 1.55 bits per heavy atom. The molecule has 2 heterocycles. The van der Waals surface area contributed by atoms with Crippen LogP contribution < -0.4 is 5.32 Å². The Morgan fingerprint density at radius 3 is 2.32 bits per heavy atom. The van der Waals surface area contributed by atoms with Gasteiger partial charge >= 0.3 is 0 Å². The summed E-state index contributed by atoms with van der Waals surface area (Å²) in [5, 5.41) is 3.22. The summed E-state index contributed by atoms with van der Waals surface area (Å²) in [6, 6.07) is 19.9. The highest BCUT2D eigenvalue weighted by Crippen LogP contribution is 2.25. The van der Waals surface area contributed by atoms with Crippen molar-refractivity contribution in [2.75, 3.05) is 5.32 Å². The average Bonchev–Trinajstić information content (AvgIpc) is 3.04. The molecular formula is C17H13N5. The monoisotopic (exact) mass is 287 g/mol. The van der Waals surface area contributed by atoms with Crippen molar-refractivity contribution in [1.29, 1.82) is 0 Å². The first-order chi connectivity index (χ1) is 10.9. The van der Waals surface area contributed by atoms with Gasteiger partial charge in [0.25, 0.3) is 0 Å². The summed E-state index contributed by atoms with van der Waals surface area (Å²) in [5.74, 6) is 0.532. The molecular weight excluding hydrogens is 274 g/mol. The standard InChI is InChI=1S/C17H13N5/c1-3-7-12(8-4-1)14-15-16(19-11-18-15)22-17(21-14)20-13-9-5-2-6-10-13/h1-11H,(H2,18,19,20,21,22). The maximum absolute atomic E-state index is 4.65. The van der Waals surface area contributed by atoms with Crippen molar-refractivity contribution >= 4 is 22.8 Å². The van der Waals surface area contributed by atoms with E-state index in [1.165, 1.54) is 0 Å². The number of aromatic nitrogens is 4. The molecule has 0 bridgehead atoms. The summed E-state index contributed by atoms with van der Waals surface area (Å²) in [6.45, 7) is 0. The Hall–Kier alpha value is -3.21. The first-order valence-corrected chi connectivity index (χ1v) is 6.99. The predicted octanol–water partition coefficient (Wildman–Crippen LogP) is 3.76. The molecule has 4 rings (SSSR count). The molecule has 0 atom stereocenters. The number of H-pyrrole nitrogens is 1. The SMILES string of the molecule is c1ccc(Nc2nc(-c3ccccc3)c3[nH]cnc3n2)cc1. The zero-order valence-electron chi connectivity index (χ0n) is 11.7. The molecule has 0 spiro atoms. The van der Waals surface area contributed by atoms with E-state index >= 15 is 0 Å². The van der Waals surface area contributed by atoms with Crippen LogP contribution in [-0.2, 0) is 0 Å². The van der Waals surface area contributed by atoms with E-state index in [0.29, 0.717) is 11.6 Å². The minimum atomic E-state index is 0.532. The smallest absolute Gasteiger partial charge is 0.229 e. The lowest BCUT2D eigenvalue weighted by Gasteiger charge is -2.07. The van der Waals surface area contributed by atoms with Gasteiger partial charge in [-0.25, -0.2) is 9.97 Å². The van der Waals surface area contributed by atoms with Gasteiger partial charge in [-0.05, 0) is 12.1 Å². The average molecular weight is 287 g/mol. The second-order valence-electron chi connectivity index (χ2n) is 4.85. The Balaban J connectivity index is 1.84. The van der Waals surface area contributed by atoms with Gasteiger partial charge < -0.3 is 10.3 Å². The Morgan fingerprint density at radius 1 is 0.818 bits per heavy atom. The van der Waals surface area contributed by atoms with Crippen LogP contribution in [0.2, 0.25) is 0 Å². The zero-order chi connectivity index (χ0) is 14.8. The van der Waals surface area contributed by atoms with E-state index in [4.69, 9.17) is 0 Å². The molecule has 4 aromatic rings. The molecule has 0 saturated heterocycles. The molecule has 106 valence electrons. The molecule has 0 saturated carbocycles. The molecule has 22 heavy (non-hydrogen) atoms. The van der Waals surface area contributed by atoms with Crippen LogP contribution >= 0.6 is 0 Å². The highest BCUT2D eigenvalue weighted by Gasteiger charge is 2.11. The number of imidazole rings is 1. The molecule has 5 heteroatoms. The maximum Gasteiger partial charge on any atom is 0.229 e. The molecule has 5 nitrogen and oxygen atoms in total. The van der Waals surface area contributed by atoms with Crippen LogP contribution in [-0.4, -0.2) is 19.9 Å². The molecule has 2 aromatic carbocycles. The summed E-state index contributed by atoms with van der Waals surface area (Å²) >= 11 is 0. The molecule has 0 radical (unpaired) electrons. The summed E-state index contributed by atoms with van der Waals surface area (Å²) in [7, 11) is 0. The maximum atomic E-state index is 4.65. The van der Waals surface area contributed by atoms with Crippen LogP contribution in [0, 0.1) is 0 Å². The molecule has 2 N–H and O–H groups in total. The molecule has 0 unspecified atom stereocenters. The Kier molecular flexibility index (Phi) is 3.01. The number of para-hydroxylation sites is 1. The van der Waals surface area contributed by atoms with Gasteiger partial charge in [-0.15, -0.1) is 0 Å². The number of rotatable bonds is 3. The summed E-state index contributed by atoms with van der Waals surface area (Å²) in [4.78, 5) is 16.5. The molecule has 2 aromatic heterocycles. The minimum Gasteiger partial charge on any atom is -0.341 e. The third kappa shape index (κ3) is 2.29. The molecule has 0 fully saturated rings. The van der Waals surface area contributed by atoms with Gasteiger partial charge in [0.15, 0.2) is 5.65 Å². The van der Waals surface area contributed by atoms with Crippen molar-refractivity contribution in [3.05, 3.63) is 67.0 Å². The van der Waals surface area contributed by atoms with Gasteiger partial charge in [0, 0.05) is 11.3 Å². The van der Waals surface area contributed by atoms with Gasteiger partial charge in [0.05, 0.1) is 6.33 Å². The van der Waals surface area contributed by atoms with E-state index in [9.17, 15) is 0 Å². The summed E-state index contributed by atoms with van der Waals surface area (Å²) in [5.41, 5.74) is 4.28. The van der Waals surface area contributed by atoms with Crippen LogP contribution in [0.15, 0.2) is 67.0 Å². The van der Waals surface area contributed by atoms with E-state index in [-0.39, 0.29) is 0 Å². The lowest BCUT2D eigenvalue weighted by Crippen LogP contribution is -1.99. The van der Waals surface area contributed by atoms with E-state index < -0.39 is 0 Å². The fourth-order valence-corrected chi connectivity index (χ4v) is 2.34. The van der Waals surface area contributed by atoms with Crippen molar-refractivity contribution in [2.45, 2.75) is 0 Å². The summed E-state index contributed by atoms with van der Waals surface area (Å²) < 4.78 is 0. The second kappa shape index (κ2) is 5.29. The lowest BCUT2D eigenvalue weighted by atomic mass is 10.1. The molecule has 0 aliphatic rings. The van der Waals surface area contributed by atoms with E-state index in [1.807, 2.05) is 60.7 Å². The van der Waals surface area contributed by atoms with E-state index in [0.717, 1.165) is 22.5 Å². The number of anilines is 2. The van der Waals surface area contributed by atoms with Gasteiger partial charge in [0.1, 0.15) is 11.2 Å². The quantitative estimate of drug-likeness (QED) is 0.602. The molecule has 0 aliphatic heterocycles. The first kappa shape index (κ1) is 12.5. The minimum absolute atomic E-state index is 0.532. The zero-order valence-corrected chi connectivity index (χ0v) is 11.7. The van der Waals surface area contributed by atoms with Gasteiger partial charge in [-0.1, -0.05) is 48.5 Å². The van der Waals surface area contributed by atoms with Crippen LogP contribution in [0.4, 0.5) is 11.6 Å². The van der Waals surface area contributed by atoms with E-state index in [1.54, 1.807) is 6.33 Å². The molecule has 0 amide bonds. The third-order valence-corrected chi connectivity index (χ3v) is 3.36. The predicted molar refractivity (Wildman–Crippen MR) is 86.8 cm³/mol. The van der Waals surface area contributed by atoms with Crippen molar-refractivity contribution in [3.8, 4) is 11.3 Å². The largest absolute Gasteiger partial charge is 0.341 e. The van der Waals surface area contributed by atoms with Crippen LogP contribution in [0.25, 0.3) is 22.4 Å². The lowest BCUT2D eigenvalue weighted by molar-refractivity contribution is 1.20. The first-order valence-electron chi connectivity index (χ1n) is 6.99. The van der Waals surface area contributed by atoms with Crippen molar-refractivity contribution in [3.63, 3.8) is 0 Å². The van der Waals surface area contributed by atoms with Crippen molar-refractivity contribution in [2.24, 2.45) is 0 Å². The fourth-order valence-electron chi connectivity index (χ4n) is 2.34. The van der Waals surface area contributed by atoms with Gasteiger partial charge in [0.2, 0.25) is 5.95 Å². The van der Waals surface area contributed by atoms with Gasteiger partial charge in [-0.2, -0.15) is 4.98 Å². The second-order valence-corrected chi connectivity index (χ2v) is 4.85. The van der Waals surface area contributed by atoms with Crippen LogP contribution in [0.3, 0.4) is 0 Å². The Bertz CT molecular complexity index is 900. The molecule has 0 aliphatic carbocycles. The van der Waals surface area contributed by atoms with Crippen molar-refractivity contribution in [1.82, 2.24) is 19.9 Å². The number of nitrogens with one attached hydrogen (secondary N) is 2. The highest BCUT2D eigenvalue weighted by molar-refractivity contribution is 5.88. The number of hydrogen-bond donors (Lipinski definition) is 2. The highest BCUT2D eigenvalue weighted by atomic mass is 15.1. The number of aromatic amines is 1. The van der Waals surface area contributed by atoms with Crippen LogP contribution in [0.5, 0.6) is 0 Å². The Labute approximate surface area is 127 Å². The third-order valence-electron chi connectivity index (χ3n) is 3.36. The normalized spacial score (nSPS) is 10.7. The van der Waals surface area contributed by atoms with Gasteiger partial charge in [-0.3, -0.25) is 0 Å². The van der Waals surface area contributed by atoms with E-state index in [2.05, 4.69) is 25.3 Å². The fraction of sp³-hybridized carbons (Fsp3) is 0. The van der Waals surface area contributed by atoms with Crippen molar-refractivity contribution < 1.29 is 0 Å². The topological polar surface area (TPSA) is 66.5 Å². The number of hydrogen-bond acceptors (Lipinski definition) is 4. The number of nitrogens with zero attached hydrogens (tertiary/aromatic N) is 3. The summed E-state index contributed by atoms with van der Waals surface area (Å²) in [6.07, 6.45) is 1.64. The number of benzene rings is 2.